The van der Waals surface area contributed by atoms with E-state index in [-0.39, 0.29) is 5.82 Å². The average Bonchev–Trinajstić information content (AvgIpc) is 2.18. The van der Waals surface area contributed by atoms with Crippen LogP contribution in [0.4, 0.5) is 4.39 Å². The predicted molar refractivity (Wildman–Crippen MR) is 56.6 cm³/mol. The number of hydrogen-bond acceptors (Lipinski definition) is 1. The predicted octanol–water partition coefficient (Wildman–Crippen LogP) is 2.43. The lowest BCUT2D eigenvalue weighted by Crippen LogP contribution is -2.14. The van der Waals surface area contributed by atoms with Crippen molar-refractivity contribution >= 4 is 6.34 Å². The van der Waals surface area contributed by atoms with Crippen molar-refractivity contribution in [1.82, 2.24) is 4.90 Å². The first-order chi connectivity index (χ1) is 6.72. The first-order valence-corrected chi connectivity index (χ1v) is 4.31. The lowest BCUT2D eigenvalue weighted by atomic mass is 10.2. The Hall–Kier alpha value is -1.64. The highest BCUT2D eigenvalue weighted by Gasteiger charge is 1.95. The van der Waals surface area contributed by atoms with Crippen LogP contribution in [0.25, 0.3) is 0 Å². The molecule has 14 heavy (non-hydrogen) atoms. The first-order valence-electron chi connectivity index (χ1n) is 4.31. The zero-order chi connectivity index (χ0) is 10.4. The molecular weight excluding hydrogens is 179 g/mol. The molecule has 2 nitrogen and oxygen atoms in total. The van der Waals surface area contributed by atoms with Gasteiger partial charge in [0.2, 0.25) is 0 Å². The molecule has 74 valence electrons. The molecule has 0 heterocycles. The quantitative estimate of drug-likeness (QED) is 0.528. The van der Waals surface area contributed by atoms with Crippen LogP contribution in [0.2, 0.25) is 0 Å². The van der Waals surface area contributed by atoms with Crippen LogP contribution in [0, 0.1) is 5.82 Å². The highest BCUT2D eigenvalue weighted by atomic mass is 19.1. The fourth-order valence-electron chi connectivity index (χ4n) is 1.08. The lowest BCUT2D eigenvalue weighted by molar-refractivity contribution is 0.515. The standard InChI is InChI=1S/C11H13FN2/c1-3-13-9-14(2)8-10-4-6-11(12)7-5-10/h3-7,9H,1,8H2,2H3. The number of hydrogen-bond donors (Lipinski definition) is 0. The van der Waals surface area contributed by atoms with Crippen molar-refractivity contribution in [3.05, 3.63) is 48.4 Å². The monoisotopic (exact) mass is 192 g/mol. The summed E-state index contributed by atoms with van der Waals surface area (Å²) in [7, 11) is 1.90. The molecule has 0 spiro atoms. The minimum atomic E-state index is -0.212. The number of rotatable bonds is 4. The van der Waals surface area contributed by atoms with Gasteiger partial charge in [0.25, 0.3) is 0 Å². The van der Waals surface area contributed by atoms with Crippen LogP contribution in [0.5, 0.6) is 0 Å². The van der Waals surface area contributed by atoms with Crippen LogP contribution >= 0.6 is 0 Å². The highest BCUT2D eigenvalue weighted by Crippen LogP contribution is 2.04. The van der Waals surface area contributed by atoms with E-state index in [0.717, 1.165) is 5.56 Å². The Kier molecular flexibility index (Phi) is 3.85. The number of aliphatic imine (C=N–C) groups is 1. The highest BCUT2D eigenvalue weighted by molar-refractivity contribution is 5.55. The van der Waals surface area contributed by atoms with Crippen LogP contribution in [0.1, 0.15) is 5.56 Å². The zero-order valence-corrected chi connectivity index (χ0v) is 8.15. The molecule has 0 aliphatic carbocycles. The SMILES string of the molecule is C=CN=CN(C)Cc1ccc(F)cc1. The van der Waals surface area contributed by atoms with E-state index in [1.54, 1.807) is 18.5 Å². The Bertz CT molecular complexity index is 317. The molecule has 0 atom stereocenters. The summed E-state index contributed by atoms with van der Waals surface area (Å²) in [5.41, 5.74) is 1.05. The first kappa shape index (κ1) is 10.4. The third-order valence-electron chi connectivity index (χ3n) is 1.71. The van der Waals surface area contributed by atoms with Crippen LogP contribution in [0.3, 0.4) is 0 Å². The Labute approximate surface area is 83.4 Å². The molecule has 0 aromatic heterocycles. The van der Waals surface area contributed by atoms with Crippen molar-refractivity contribution in [1.29, 1.82) is 0 Å². The van der Waals surface area contributed by atoms with E-state index in [9.17, 15) is 4.39 Å². The summed E-state index contributed by atoms with van der Waals surface area (Å²) in [6.45, 7) is 4.18. The third-order valence-corrected chi connectivity index (χ3v) is 1.71. The van der Waals surface area contributed by atoms with Crippen LogP contribution < -0.4 is 0 Å². The van der Waals surface area contributed by atoms with Gasteiger partial charge in [-0.1, -0.05) is 18.7 Å². The van der Waals surface area contributed by atoms with Gasteiger partial charge in [-0.25, -0.2) is 9.38 Å². The normalized spacial score (nSPS) is 10.4. The molecule has 0 fully saturated rings. The Balaban J connectivity index is 2.55. The second kappa shape index (κ2) is 5.17. The van der Waals surface area contributed by atoms with E-state index >= 15 is 0 Å². The smallest absolute Gasteiger partial charge is 0.123 e. The summed E-state index contributed by atoms with van der Waals surface area (Å²) in [5, 5.41) is 0. The molecule has 0 saturated carbocycles. The molecule has 0 radical (unpaired) electrons. The van der Waals surface area contributed by atoms with Gasteiger partial charge < -0.3 is 4.90 Å². The minimum Gasteiger partial charge on any atom is -0.361 e. The number of nitrogens with zero attached hydrogens (tertiary/aromatic N) is 2. The van der Waals surface area contributed by atoms with Gasteiger partial charge in [0, 0.05) is 19.8 Å². The van der Waals surface area contributed by atoms with Crippen molar-refractivity contribution in [2.24, 2.45) is 4.99 Å². The maximum absolute atomic E-state index is 12.6. The summed E-state index contributed by atoms with van der Waals surface area (Å²) in [5.74, 6) is -0.212. The second-order valence-electron chi connectivity index (χ2n) is 2.99. The molecule has 1 rings (SSSR count). The topological polar surface area (TPSA) is 15.6 Å². The van der Waals surface area contributed by atoms with Gasteiger partial charge >= 0.3 is 0 Å². The molecule has 0 N–H and O–H groups in total. The molecule has 0 aliphatic rings. The van der Waals surface area contributed by atoms with Gasteiger partial charge in [0.15, 0.2) is 0 Å². The average molecular weight is 192 g/mol. The zero-order valence-electron chi connectivity index (χ0n) is 8.15. The summed E-state index contributed by atoms with van der Waals surface area (Å²) >= 11 is 0. The fourth-order valence-corrected chi connectivity index (χ4v) is 1.08. The summed E-state index contributed by atoms with van der Waals surface area (Å²) in [4.78, 5) is 5.77. The van der Waals surface area contributed by atoms with Crippen LogP contribution in [0.15, 0.2) is 42.0 Å². The summed E-state index contributed by atoms with van der Waals surface area (Å²) in [6, 6.07) is 6.42. The molecular formula is C11H13FN2. The van der Waals surface area contributed by atoms with Crippen molar-refractivity contribution < 1.29 is 4.39 Å². The Morgan fingerprint density at radius 2 is 2.07 bits per heavy atom. The molecule has 0 saturated heterocycles. The fraction of sp³-hybridized carbons (Fsp3) is 0.182. The molecule has 1 aromatic carbocycles. The van der Waals surface area contributed by atoms with E-state index in [1.807, 2.05) is 11.9 Å². The summed E-state index contributed by atoms with van der Waals surface area (Å²) in [6.07, 6.45) is 3.15. The third kappa shape index (κ3) is 3.39. The molecule has 3 heteroatoms. The largest absolute Gasteiger partial charge is 0.361 e. The van der Waals surface area contributed by atoms with Gasteiger partial charge in [0.1, 0.15) is 5.82 Å². The van der Waals surface area contributed by atoms with Crippen molar-refractivity contribution in [3.8, 4) is 0 Å². The minimum absolute atomic E-state index is 0.212. The lowest BCUT2D eigenvalue weighted by Gasteiger charge is -2.12. The van der Waals surface area contributed by atoms with Gasteiger partial charge in [-0.2, -0.15) is 0 Å². The molecule has 0 amide bonds. The van der Waals surface area contributed by atoms with Crippen molar-refractivity contribution in [3.63, 3.8) is 0 Å². The Morgan fingerprint density at radius 1 is 1.43 bits per heavy atom. The van der Waals surface area contributed by atoms with Gasteiger partial charge in [-0.15, -0.1) is 0 Å². The molecule has 0 unspecified atom stereocenters. The number of benzene rings is 1. The molecule has 1 aromatic rings. The summed E-state index contributed by atoms with van der Waals surface area (Å²) < 4.78 is 12.6. The second-order valence-corrected chi connectivity index (χ2v) is 2.99. The van der Waals surface area contributed by atoms with E-state index in [0.29, 0.717) is 6.54 Å². The maximum Gasteiger partial charge on any atom is 0.123 e. The van der Waals surface area contributed by atoms with Crippen molar-refractivity contribution in [2.45, 2.75) is 6.54 Å². The van der Waals surface area contributed by atoms with E-state index in [4.69, 9.17) is 0 Å². The van der Waals surface area contributed by atoms with Gasteiger partial charge in [0.05, 0.1) is 6.34 Å². The van der Waals surface area contributed by atoms with Crippen LogP contribution in [-0.4, -0.2) is 18.3 Å². The van der Waals surface area contributed by atoms with E-state index in [1.165, 1.54) is 18.3 Å². The maximum atomic E-state index is 12.6. The van der Waals surface area contributed by atoms with Gasteiger partial charge in [-0.3, -0.25) is 0 Å². The van der Waals surface area contributed by atoms with Crippen molar-refractivity contribution in [2.75, 3.05) is 7.05 Å². The Morgan fingerprint density at radius 3 is 2.64 bits per heavy atom. The molecule has 0 aliphatic heterocycles. The van der Waals surface area contributed by atoms with E-state index in [2.05, 4.69) is 11.6 Å². The van der Waals surface area contributed by atoms with E-state index < -0.39 is 0 Å². The van der Waals surface area contributed by atoms with Gasteiger partial charge in [-0.05, 0) is 17.7 Å². The van der Waals surface area contributed by atoms with Crippen LogP contribution in [-0.2, 0) is 6.54 Å². The molecule has 0 bridgehead atoms. The number of halogens is 1.